The van der Waals surface area contributed by atoms with Gasteiger partial charge in [-0.25, -0.2) is 0 Å². The van der Waals surface area contributed by atoms with E-state index < -0.39 is 0 Å². The minimum atomic E-state index is -0.00715. The minimum absolute atomic E-state index is 0.00715. The molecular formula is C21H15ClS2. The lowest BCUT2D eigenvalue weighted by Crippen LogP contribution is -2.15. The molecule has 0 unspecified atom stereocenters. The fourth-order valence-electron chi connectivity index (χ4n) is 3.78. The average molecular weight is 367 g/mol. The summed E-state index contributed by atoms with van der Waals surface area (Å²) >= 11 is 10.1. The summed E-state index contributed by atoms with van der Waals surface area (Å²) in [6, 6.07) is 19.6. The highest BCUT2D eigenvalue weighted by molar-refractivity contribution is 8.05. The smallest absolute Gasteiger partial charge is 0.0409 e. The molecule has 2 aliphatic rings. The van der Waals surface area contributed by atoms with Gasteiger partial charge in [0.05, 0.1) is 0 Å². The van der Waals surface area contributed by atoms with Crippen molar-refractivity contribution in [1.29, 1.82) is 0 Å². The van der Waals surface area contributed by atoms with Gasteiger partial charge in [-0.1, -0.05) is 73.2 Å². The summed E-state index contributed by atoms with van der Waals surface area (Å²) in [6.07, 6.45) is 0. The molecule has 0 nitrogen and oxygen atoms in total. The van der Waals surface area contributed by atoms with E-state index in [1.165, 1.54) is 41.8 Å². The van der Waals surface area contributed by atoms with Gasteiger partial charge in [0.15, 0.2) is 0 Å². The van der Waals surface area contributed by atoms with Gasteiger partial charge < -0.3 is 0 Å². The van der Waals surface area contributed by atoms with Crippen LogP contribution in [0.15, 0.2) is 74.2 Å². The number of hydrogen-bond acceptors (Lipinski definition) is 2. The molecule has 0 fully saturated rings. The third kappa shape index (κ3) is 1.97. The van der Waals surface area contributed by atoms with E-state index in [4.69, 9.17) is 11.6 Å². The van der Waals surface area contributed by atoms with Gasteiger partial charge in [0.1, 0.15) is 0 Å². The topological polar surface area (TPSA) is 0 Å². The van der Waals surface area contributed by atoms with Crippen LogP contribution in [0.1, 0.15) is 25.0 Å². The third-order valence-electron chi connectivity index (χ3n) is 5.00. The normalized spacial score (nSPS) is 16.1. The van der Waals surface area contributed by atoms with Crippen molar-refractivity contribution in [2.45, 2.75) is 38.8 Å². The lowest BCUT2D eigenvalue weighted by atomic mass is 9.82. The van der Waals surface area contributed by atoms with Crippen molar-refractivity contribution in [2.75, 3.05) is 0 Å². The van der Waals surface area contributed by atoms with Gasteiger partial charge in [-0.05, 0) is 47.0 Å². The van der Waals surface area contributed by atoms with Gasteiger partial charge >= 0.3 is 0 Å². The molecule has 0 saturated heterocycles. The molecule has 0 radical (unpaired) electrons. The SMILES string of the molecule is CC1(C)c2cc(Cl)ccc2-c2c1ccc1c2Sc2ccccc2S1. The first kappa shape index (κ1) is 14.9. The Hall–Kier alpha value is -1.35. The number of fused-ring (bicyclic) bond motifs is 6. The van der Waals surface area contributed by atoms with Crippen molar-refractivity contribution in [3.8, 4) is 11.1 Å². The Balaban J connectivity index is 1.79. The van der Waals surface area contributed by atoms with Gasteiger partial charge in [-0.2, -0.15) is 0 Å². The lowest BCUT2D eigenvalue weighted by molar-refractivity contribution is 0.659. The van der Waals surface area contributed by atoms with Crippen LogP contribution in [0.5, 0.6) is 0 Å². The Kier molecular flexibility index (Phi) is 3.16. The van der Waals surface area contributed by atoms with E-state index in [2.05, 4.69) is 62.4 Å². The monoisotopic (exact) mass is 366 g/mol. The van der Waals surface area contributed by atoms with Crippen LogP contribution in [0.4, 0.5) is 0 Å². The van der Waals surface area contributed by atoms with Gasteiger partial charge in [0.25, 0.3) is 0 Å². The molecule has 0 spiro atoms. The van der Waals surface area contributed by atoms with Gasteiger partial charge in [0.2, 0.25) is 0 Å². The van der Waals surface area contributed by atoms with Gasteiger partial charge in [-0.15, -0.1) is 0 Å². The van der Waals surface area contributed by atoms with Crippen LogP contribution in [0, 0.1) is 0 Å². The molecule has 0 amide bonds. The molecule has 0 N–H and O–H groups in total. The third-order valence-corrected chi connectivity index (χ3v) is 7.83. The molecule has 5 rings (SSSR count). The zero-order valence-corrected chi connectivity index (χ0v) is 15.8. The molecular weight excluding hydrogens is 352 g/mol. The molecule has 1 aliphatic carbocycles. The Morgan fingerprint density at radius 1 is 0.792 bits per heavy atom. The second-order valence-electron chi connectivity index (χ2n) is 6.78. The van der Waals surface area contributed by atoms with Gasteiger partial charge in [-0.3, -0.25) is 0 Å². The first-order valence-corrected chi connectivity index (χ1v) is 9.99. The zero-order valence-electron chi connectivity index (χ0n) is 13.4. The Labute approximate surface area is 155 Å². The minimum Gasteiger partial charge on any atom is -0.0877 e. The van der Waals surface area contributed by atoms with E-state index >= 15 is 0 Å². The quantitative estimate of drug-likeness (QED) is 0.321. The van der Waals surface area contributed by atoms with Crippen LogP contribution in [-0.2, 0) is 5.41 Å². The number of hydrogen-bond donors (Lipinski definition) is 0. The van der Waals surface area contributed by atoms with E-state index in [0.29, 0.717) is 0 Å². The fraction of sp³-hybridized carbons (Fsp3) is 0.143. The fourth-order valence-corrected chi connectivity index (χ4v) is 6.36. The largest absolute Gasteiger partial charge is 0.0877 e. The number of rotatable bonds is 0. The second-order valence-corrected chi connectivity index (χ2v) is 9.35. The maximum absolute atomic E-state index is 6.29. The summed E-state index contributed by atoms with van der Waals surface area (Å²) in [5.74, 6) is 0. The highest BCUT2D eigenvalue weighted by Crippen LogP contribution is 2.58. The molecule has 118 valence electrons. The predicted octanol–water partition coefficient (Wildman–Crippen LogP) is 7.26. The number of benzene rings is 3. The predicted molar refractivity (Wildman–Crippen MR) is 104 cm³/mol. The molecule has 3 aromatic carbocycles. The Morgan fingerprint density at radius 2 is 1.54 bits per heavy atom. The maximum atomic E-state index is 6.29. The standard InChI is InChI=1S/C21H15ClS2/c1-21(2)14-9-10-18-20(24-17-6-4-3-5-16(17)23-18)19(14)13-8-7-12(22)11-15(13)21/h3-11H,1-2H3. The molecule has 1 aliphatic heterocycles. The molecule has 3 aromatic rings. The highest BCUT2D eigenvalue weighted by Gasteiger charge is 2.38. The molecule has 3 heteroatoms. The molecule has 1 heterocycles. The Morgan fingerprint density at radius 3 is 2.33 bits per heavy atom. The van der Waals surface area contributed by atoms with Crippen LogP contribution >= 0.6 is 35.1 Å². The maximum Gasteiger partial charge on any atom is 0.0409 e. The highest BCUT2D eigenvalue weighted by atomic mass is 35.5. The summed E-state index contributed by atoms with van der Waals surface area (Å²) in [4.78, 5) is 5.45. The summed E-state index contributed by atoms with van der Waals surface area (Å²) in [6.45, 7) is 4.60. The summed E-state index contributed by atoms with van der Waals surface area (Å²) < 4.78 is 0. The van der Waals surface area contributed by atoms with E-state index in [0.717, 1.165) is 5.02 Å². The second kappa shape index (κ2) is 5.08. The molecule has 0 atom stereocenters. The van der Waals surface area contributed by atoms with Crippen molar-refractivity contribution in [3.63, 3.8) is 0 Å². The van der Waals surface area contributed by atoms with Gasteiger partial charge in [0, 0.05) is 35.6 Å². The van der Waals surface area contributed by atoms with Crippen LogP contribution in [0.2, 0.25) is 5.02 Å². The van der Waals surface area contributed by atoms with Crippen LogP contribution < -0.4 is 0 Å². The first-order valence-electron chi connectivity index (χ1n) is 7.98. The van der Waals surface area contributed by atoms with Crippen molar-refractivity contribution >= 4 is 35.1 Å². The van der Waals surface area contributed by atoms with Crippen LogP contribution in [-0.4, -0.2) is 0 Å². The molecule has 24 heavy (non-hydrogen) atoms. The van der Waals surface area contributed by atoms with Crippen molar-refractivity contribution < 1.29 is 0 Å². The molecule has 0 saturated carbocycles. The summed E-state index contributed by atoms with van der Waals surface area (Å²) in [5.41, 5.74) is 5.47. The molecule has 0 aromatic heterocycles. The Bertz CT molecular complexity index is 1000. The molecule has 0 bridgehead atoms. The zero-order chi connectivity index (χ0) is 16.5. The van der Waals surface area contributed by atoms with E-state index in [1.54, 1.807) is 0 Å². The van der Waals surface area contributed by atoms with E-state index in [-0.39, 0.29) is 5.41 Å². The van der Waals surface area contributed by atoms with Crippen molar-refractivity contribution in [1.82, 2.24) is 0 Å². The lowest BCUT2D eigenvalue weighted by Gasteiger charge is -2.24. The summed E-state index contributed by atoms with van der Waals surface area (Å²) in [5, 5.41) is 0.816. The van der Waals surface area contributed by atoms with E-state index in [9.17, 15) is 0 Å². The van der Waals surface area contributed by atoms with E-state index in [1.807, 2.05) is 29.6 Å². The summed E-state index contributed by atoms with van der Waals surface area (Å²) in [7, 11) is 0. The van der Waals surface area contributed by atoms with Crippen molar-refractivity contribution in [3.05, 3.63) is 70.7 Å². The average Bonchev–Trinajstić information content (AvgIpc) is 2.81. The van der Waals surface area contributed by atoms with Crippen molar-refractivity contribution in [2.24, 2.45) is 0 Å². The first-order chi connectivity index (χ1) is 11.6. The van der Waals surface area contributed by atoms with Crippen LogP contribution in [0.3, 0.4) is 0 Å². The number of halogens is 1. The van der Waals surface area contributed by atoms with Crippen LogP contribution in [0.25, 0.3) is 11.1 Å².